The van der Waals surface area contributed by atoms with Crippen molar-refractivity contribution in [2.45, 2.75) is 45.3 Å². The molecule has 0 amide bonds. The molecule has 1 fully saturated rings. The number of hydrogen-bond acceptors (Lipinski definition) is 3. The van der Waals surface area contributed by atoms with E-state index in [1.165, 1.54) is 5.56 Å². The first-order chi connectivity index (χ1) is 10.1. The molecule has 3 heteroatoms. The lowest BCUT2D eigenvalue weighted by molar-refractivity contribution is 0.0253. The molecule has 1 heterocycles. The largest absolute Gasteiger partial charge is 0.387 e. The maximum absolute atomic E-state index is 10.4. The highest BCUT2D eigenvalue weighted by molar-refractivity contribution is 5.24. The van der Waals surface area contributed by atoms with E-state index in [-0.39, 0.29) is 0 Å². The van der Waals surface area contributed by atoms with Crippen LogP contribution in [0.1, 0.15) is 43.9 Å². The summed E-state index contributed by atoms with van der Waals surface area (Å²) in [5.74, 6) is 0.667. The van der Waals surface area contributed by atoms with Gasteiger partial charge in [-0.2, -0.15) is 0 Å². The van der Waals surface area contributed by atoms with Crippen LogP contribution in [-0.2, 0) is 11.2 Å². The Kier molecular flexibility index (Phi) is 6.22. The summed E-state index contributed by atoms with van der Waals surface area (Å²) in [4.78, 5) is 2.27. The first kappa shape index (κ1) is 16.5. The lowest BCUT2D eigenvalue weighted by atomic mass is 9.99. The van der Waals surface area contributed by atoms with E-state index in [2.05, 4.69) is 50.1 Å². The van der Waals surface area contributed by atoms with Gasteiger partial charge in [-0.05, 0) is 43.4 Å². The SMILES string of the molecule is CC(C)Cc1ccc(C(O)CN(C)C2CCOCC2)cc1. The van der Waals surface area contributed by atoms with Gasteiger partial charge in [0, 0.05) is 25.8 Å². The molecule has 21 heavy (non-hydrogen) atoms. The number of rotatable bonds is 6. The summed E-state index contributed by atoms with van der Waals surface area (Å²) in [5.41, 5.74) is 2.36. The van der Waals surface area contributed by atoms with Crippen LogP contribution in [0.15, 0.2) is 24.3 Å². The minimum atomic E-state index is -0.411. The Labute approximate surface area is 128 Å². The molecule has 118 valence electrons. The minimum absolute atomic E-state index is 0.411. The standard InChI is InChI=1S/C18H29NO2/c1-14(2)12-15-4-6-16(7-5-15)18(20)13-19(3)17-8-10-21-11-9-17/h4-7,14,17-18,20H,8-13H2,1-3H3. The molecule has 1 aliphatic rings. The third-order valence-corrected chi connectivity index (χ3v) is 4.28. The van der Waals surface area contributed by atoms with E-state index in [4.69, 9.17) is 4.74 Å². The topological polar surface area (TPSA) is 32.7 Å². The average molecular weight is 291 g/mol. The van der Waals surface area contributed by atoms with Gasteiger partial charge in [-0.1, -0.05) is 38.1 Å². The van der Waals surface area contributed by atoms with Gasteiger partial charge in [-0.15, -0.1) is 0 Å². The van der Waals surface area contributed by atoms with Crippen LogP contribution in [0.2, 0.25) is 0 Å². The molecule has 0 aromatic heterocycles. The summed E-state index contributed by atoms with van der Waals surface area (Å²) >= 11 is 0. The van der Waals surface area contributed by atoms with Crippen molar-refractivity contribution in [1.82, 2.24) is 4.90 Å². The molecule has 0 radical (unpaired) electrons. The molecular weight excluding hydrogens is 262 g/mol. The first-order valence-corrected chi connectivity index (χ1v) is 8.11. The summed E-state index contributed by atoms with van der Waals surface area (Å²) in [6.07, 6.45) is 2.82. The van der Waals surface area contributed by atoms with E-state index < -0.39 is 6.10 Å². The van der Waals surface area contributed by atoms with Crippen molar-refractivity contribution in [3.8, 4) is 0 Å². The van der Waals surface area contributed by atoms with Crippen molar-refractivity contribution in [1.29, 1.82) is 0 Å². The van der Waals surface area contributed by atoms with Crippen LogP contribution in [0.5, 0.6) is 0 Å². The van der Waals surface area contributed by atoms with E-state index in [1.54, 1.807) is 0 Å². The molecule has 2 rings (SSSR count). The maximum Gasteiger partial charge on any atom is 0.0916 e. The summed E-state index contributed by atoms with van der Waals surface area (Å²) < 4.78 is 5.40. The monoisotopic (exact) mass is 291 g/mol. The highest BCUT2D eigenvalue weighted by Gasteiger charge is 2.21. The molecule has 1 unspecified atom stereocenters. The molecule has 0 aliphatic carbocycles. The second kappa shape index (κ2) is 7.92. The van der Waals surface area contributed by atoms with Crippen LogP contribution in [0.25, 0.3) is 0 Å². The van der Waals surface area contributed by atoms with Crippen LogP contribution in [-0.4, -0.2) is 42.9 Å². The first-order valence-electron chi connectivity index (χ1n) is 8.11. The van der Waals surface area contributed by atoms with Crippen molar-refractivity contribution >= 4 is 0 Å². The summed E-state index contributed by atoms with van der Waals surface area (Å²) in [6.45, 7) is 6.83. The van der Waals surface area contributed by atoms with E-state index in [0.29, 0.717) is 18.5 Å². The molecular formula is C18H29NO2. The van der Waals surface area contributed by atoms with Crippen molar-refractivity contribution in [3.63, 3.8) is 0 Å². The zero-order valence-electron chi connectivity index (χ0n) is 13.6. The smallest absolute Gasteiger partial charge is 0.0916 e. The number of nitrogens with zero attached hydrogens (tertiary/aromatic N) is 1. The number of likely N-dealkylation sites (N-methyl/N-ethyl adjacent to an activating group) is 1. The Morgan fingerprint density at radius 2 is 1.81 bits per heavy atom. The zero-order chi connectivity index (χ0) is 15.2. The highest BCUT2D eigenvalue weighted by atomic mass is 16.5. The number of benzene rings is 1. The Morgan fingerprint density at radius 3 is 2.38 bits per heavy atom. The van der Waals surface area contributed by atoms with Gasteiger partial charge in [-0.25, -0.2) is 0 Å². The van der Waals surface area contributed by atoms with Crippen molar-refractivity contribution in [2.24, 2.45) is 5.92 Å². The summed E-state index contributed by atoms with van der Waals surface area (Å²) in [6, 6.07) is 8.97. The van der Waals surface area contributed by atoms with Crippen molar-refractivity contribution in [2.75, 3.05) is 26.8 Å². The molecule has 1 atom stereocenters. The summed E-state index contributed by atoms with van der Waals surface area (Å²) in [5, 5.41) is 10.4. The third kappa shape index (κ3) is 5.10. The Hall–Kier alpha value is -0.900. The predicted molar refractivity (Wildman–Crippen MR) is 86.4 cm³/mol. The van der Waals surface area contributed by atoms with E-state index in [9.17, 15) is 5.11 Å². The number of hydrogen-bond donors (Lipinski definition) is 1. The van der Waals surface area contributed by atoms with Crippen molar-refractivity contribution < 1.29 is 9.84 Å². The second-order valence-electron chi connectivity index (χ2n) is 6.64. The molecule has 1 N–H and O–H groups in total. The van der Waals surface area contributed by atoms with Gasteiger partial charge in [0.05, 0.1) is 6.10 Å². The Morgan fingerprint density at radius 1 is 1.19 bits per heavy atom. The van der Waals surface area contributed by atoms with Crippen LogP contribution in [0.3, 0.4) is 0 Å². The number of ether oxygens (including phenoxy) is 1. The minimum Gasteiger partial charge on any atom is -0.387 e. The fraction of sp³-hybridized carbons (Fsp3) is 0.667. The highest BCUT2D eigenvalue weighted by Crippen LogP contribution is 2.20. The lowest BCUT2D eigenvalue weighted by Gasteiger charge is -2.32. The predicted octanol–water partition coefficient (Wildman–Crippen LogP) is 3.03. The maximum atomic E-state index is 10.4. The average Bonchev–Trinajstić information content (AvgIpc) is 2.48. The molecule has 0 spiro atoms. The van der Waals surface area contributed by atoms with Gasteiger partial charge >= 0.3 is 0 Å². The van der Waals surface area contributed by atoms with Gasteiger partial charge in [0.15, 0.2) is 0 Å². The molecule has 1 aromatic carbocycles. The fourth-order valence-electron chi connectivity index (χ4n) is 3.00. The molecule has 1 aliphatic heterocycles. The second-order valence-corrected chi connectivity index (χ2v) is 6.64. The number of aliphatic hydroxyl groups excluding tert-OH is 1. The van der Waals surface area contributed by atoms with E-state index in [1.807, 2.05) is 0 Å². The zero-order valence-corrected chi connectivity index (χ0v) is 13.6. The normalized spacial score (nSPS) is 18.4. The van der Waals surface area contributed by atoms with Gasteiger partial charge in [0.25, 0.3) is 0 Å². The van der Waals surface area contributed by atoms with Gasteiger partial charge in [-0.3, -0.25) is 0 Å². The van der Waals surface area contributed by atoms with Crippen LogP contribution >= 0.6 is 0 Å². The summed E-state index contributed by atoms with van der Waals surface area (Å²) in [7, 11) is 2.10. The van der Waals surface area contributed by atoms with E-state index >= 15 is 0 Å². The van der Waals surface area contributed by atoms with Gasteiger partial charge < -0.3 is 14.7 Å². The molecule has 1 saturated heterocycles. The van der Waals surface area contributed by atoms with Gasteiger partial charge in [0.1, 0.15) is 0 Å². The molecule has 3 nitrogen and oxygen atoms in total. The Bertz CT molecular complexity index is 410. The Balaban J connectivity index is 1.88. The van der Waals surface area contributed by atoms with Crippen molar-refractivity contribution in [3.05, 3.63) is 35.4 Å². The quantitative estimate of drug-likeness (QED) is 0.874. The van der Waals surface area contributed by atoms with Crippen LogP contribution in [0, 0.1) is 5.92 Å². The molecule has 1 aromatic rings. The van der Waals surface area contributed by atoms with E-state index in [0.717, 1.165) is 38.0 Å². The molecule has 0 saturated carbocycles. The third-order valence-electron chi connectivity index (χ3n) is 4.28. The molecule has 0 bridgehead atoms. The van der Waals surface area contributed by atoms with Crippen LogP contribution < -0.4 is 0 Å². The van der Waals surface area contributed by atoms with Crippen LogP contribution in [0.4, 0.5) is 0 Å². The fourth-order valence-corrected chi connectivity index (χ4v) is 3.00. The lowest BCUT2D eigenvalue weighted by Crippen LogP contribution is -2.38. The van der Waals surface area contributed by atoms with Gasteiger partial charge in [0.2, 0.25) is 0 Å². The number of aliphatic hydroxyl groups is 1.